The van der Waals surface area contributed by atoms with Crippen LogP contribution >= 0.6 is 0 Å². The van der Waals surface area contributed by atoms with Gasteiger partial charge in [-0.05, 0) is 48.6 Å². The van der Waals surface area contributed by atoms with Crippen LogP contribution in [0.3, 0.4) is 0 Å². The van der Waals surface area contributed by atoms with Crippen molar-refractivity contribution in [2.45, 2.75) is 58.4 Å². The summed E-state index contributed by atoms with van der Waals surface area (Å²) >= 11 is 0. The average Bonchev–Trinajstić information content (AvgIpc) is 2.27. The Labute approximate surface area is 116 Å². The Morgan fingerprint density at radius 3 is 2.58 bits per heavy atom. The number of nitrogens with zero attached hydrogens (tertiary/aromatic N) is 1. The lowest BCUT2D eigenvalue weighted by Crippen LogP contribution is -2.46. The number of aryl methyl sites for hydroxylation is 1. The van der Waals surface area contributed by atoms with Crippen molar-refractivity contribution in [3.63, 3.8) is 0 Å². The highest BCUT2D eigenvalue weighted by atomic mass is 14.8. The molecule has 3 unspecified atom stereocenters. The molecule has 0 amide bonds. The second-order valence-corrected chi connectivity index (χ2v) is 6.80. The van der Waals surface area contributed by atoms with Gasteiger partial charge in [-0.2, -0.15) is 0 Å². The average molecular weight is 261 g/mol. The number of rotatable bonds is 2. The van der Waals surface area contributed by atoms with Crippen LogP contribution in [0.2, 0.25) is 0 Å². The lowest BCUT2D eigenvalue weighted by atomic mass is 9.63. The van der Waals surface area contributed by atoms with Gasteiger partial charge in [0, 0.05) is 17.8 Å². The number of pyridine rings is 1. The maximum atomic E-state index is 6.43. The standard InChI is InChI=1S/C16H27N3/c1-10-5-6-12(13(17)9-10)16(3,4)14-11(2)7-8-19-15(14)18/h7-8,10,12-13H,5-6,9,17H2,1-4H3,(H2,18,19). The van der Waals surface area contributed by atoms with Crippen molar-refractivity contribution < 1.29 is 0 Å². The quantitative estimate of drug-likeness (QED) is 0.860. The molecular formula is C16H27N3. The minimum atomic E-state index is -0.0119. The van der Waals surface area contributed by atoms with Gasteiger partial charge in [0.1, 0.15) is 5.82 Å². The molecule has 2 rings (SSSR count). The molecule has 0 spiro atoms. The molecule has 0 aliphatic heterocycles. The molecule has 3 nitrogen and oxygen atoms in total. The number of anilines is 1. The number of nitrogens with two attached hydrogens (primary N) is 2. The molecule has 3 heteroatoms. The van der Waals surface area contributed by atoms with Crippen LogP contribution in [-0.4, -0.2) is 11.0 Å². The summed E-state index contributed by atoms with van der Waals surface area (Å²) in [6.07, 6.45) is 5.35. The molecule has 1 aromatic heterocycles. The molecule has 1 fully saturated rings. The predicted molar refractivity (Wildman–Crippen MR) is 80.9 cm³/mol. The Bertz CT molecular complexity index is 433. The largest absolute Gasteiger partial charge is 0.383 e. The van der Waals surface area contributed by atoms with Gasteiger partial charge in [-0.1, -0.05) is 27.2 Å². The van der Waals surface area contributed by atoms with Crippen molar-refractivity contribution in [1.82, 2.24) is 4.98 Å². The van der Waals surface area contributed by atoms with Crippen molar-refractivity contribution in [3.05, 3.63) is 23.4 Å². The fourth-order valence-electron chi connectivity index (χ4n) is 3.92. The maximum Gasteiger partial charge on any atom is 0.127 e. The van der Waals surface area contributed by atoms with E-state index < -0.39 is 0 Å². The minimum absolute atomic E-state index is 0.0119. The lowest BCUT2D eigenvalue weighted by molar-refractivity contribution is 0.171. The molecule has 1 saturated carbocycles. The summed E-state index contributed by atoms with van der Waals surface area (Å²) in [5.41, 5.74) is 15.0. The summed E-state index contributed by atoms with van der Waals surface area (Å²) in [6, 6.07) is 2.31. The molecule has 19 heavy (non-hydrogen) atoms. The molecular weight excluding hydrogens is 234 g/mol. The molecule has 1 heterocycles. The third kappa shape index (κ3) is 2.62. The van der Waals surface area contributed by atoms with E-state index in [-0.39, 0.29) is 11.5 Å². The van der Waals surface area contributed by atoms with Crippen LogP contribution in [0, 0.1) is 18.8 Å². The van der Waals surface area contributed by atoms with Crippen LogP contribution < -0.4 is 11.5 Å². The summed E-state index contributed by atoms with van der Waals surface area (Å²) in [6.45, 7) is 8.96. The molecule has 106 valence electrons. The third-order valence-electron chi connectivity index (χ3n) is 4.92. The SMILES string of the molecule is Cc1ccnc(N)c1C(C)(C)C1CCC(C)CC1N. The molecule has 0 saturated heterocycles. The number of hydrogen-bond acceptors (Lipinski definition) is 3. The van der Waals surface area contributed by atoms with E-state index in [0.717, 1.165) is 12.3 Å². The van der Waals surface area contributed by atoms with Crippen molar-refractivity contribution in [1.29, 1.82) is 0 Å². The monoisotopic (exact) mass is 261 g/mol. The van der Waals surface area contributed by atoms with Crippen molar-refractivity contribution in [2.24, 2.45) is 17.6 Å². The Hall–Kier alpha value is -1.09. The van der Waals surface area contributed by atoms with Gasteiger partial charge < -0.3 is 11.5 Å². The van der Waals surface area contributed by atoms with Crippen LogP contribution in [0.15, 0.2) is 12.3 Å². The van der Waals surface area contributed by atoms with E-state index in [4.69, 9.17) is 11.5 Å². The van der Waals surface area contributed by atoms with E-state index in [2.05, 4.69) is 32.7 Å². The fraction of sp³-hybridized carbons (Fsp3) is 0.688. The third-order valence-corrected chi connectivity index (χ3v) is 4.92. The van der Waals surface area contributed by atoms with E-state index in [1.165, 1.54) is 24.0 Å². The summed E-state index contributed by atoms with van der Waals surface area (Å²) in [4.78, 5) is 4.28. The van der Waals surface area contributed by atoms with Crippen LogP contribution in [-0.2, 0) is 5.41 Å². The maximum absolute atomic E-state index is 6.43. The summed E-state index contributed by atoms with van der Waals surface area (Å²) < 4.78 is 0. The first-order valence-electron chi connectivity index (χ1n) is 7.31. The highest BCUT2D eigenvalue weighted by Crippen LogP contribution is 2.43. The molecule has 3 atom stereocenters. The van der Waals surface area contributed by atoms with E-state index in [9.17, 15) is 0 Å². The smallest absolute Gasteiger partial charge is 0.127 e. The van der Waals surface area contributed by atoms with Gasteiger partial charge in [-0.15, -0.1) is 0 Å². The zero-order chi connectivity index (χ0) is 14.2. The highest BCUT2D eigenvalue weighted by Gasteiger charge is 2.40. The van der Waals surface area contributed by atoms with E-state index in [1.807, 2.05) is 6.07 Å². The van der Waals surface area contributed by atoms with E-state index in [1.54, 1.807) is 6.20 Å². The zero-order valence-electron chi connectivity index (χ0n) is 12.6. The first-order chi connectivity index (χ1) is 8.84. The van der Waals surface area contributed by atoms with Gasteiger partial charge in [0.25, 0.3) is 0 Å². The summed E-state index contributed by atoms with van der Waals surface area (Å²) in [5, 5.41) is 0. The molecule has 1 aliphatic rings. The molecule has 0 radical (unpaired) electrons. The van der Waals surface area contributed by atoms with Crippen molar-refractivity contribution >= 4 is 5.82 Å². The summed E-state index contributed by atoms with van der Waals surface area (Å²) in [5.74, 6) is 1.89. The second kappa shape index (κ2) is 5.12. The molecule has 0 bridgehead atoms. The van der Waals surface area contributed by atoms with Crippen LogP contribution in [0.25, 0.3) is 0 Å². The topological polar surface area (TPSA) is 64.9 Å². The zero-order valence-corrected chi connectivity index (χ0v) is 12.6. The molecule has 4 N–H and O–H groups in total. The fourth-order valence-corrected chi connectivity index (χ4v) is 3.92. The molecule has 1 aliphatic carbocycles. The first kappa shape index (κ1) is 14.3. The van der Waals surface area contributed by atoms with Crippen LogP contribution in [0.5, 0.6) is 0 Å². The number of hydrogen-bond donors (Lipinski definition) is 2. The molecule has 1 aromatic rings. The Kier molecular flexibility index (Phi) is 3.86. The minimum Gasteiger partial charge on any atom is -0.383 e. The Morgan fingerprint density at radius 1 is 1.32 bits per heavy atom. The lowest BCUT2D eigenvalue weighted by Gasteiger charge is -2.43. The number of aromatic nitrogens is 1. The van der Waals surface area contributed by atoms with Crippen LogP contribution in [0.1, 0.15) is 51.2 Å². The van der Waals surface area contributed by atoms with Crippen molar-refractivity contribution in [2.75, 3.05) is 5.73 Å². The van der Waals surface area contributed by atoms with Gasteiger partial charge in [-0.3, -0.25) is 0 Å². The van der Waals surface area contributed by atoms with Gasteiger partial charge in [0.05, 0.1) is 0 Å². The predicted octanol–water partition coefficient (Wildman–Crippen LogP) is 3.01. The first-order valence-corrected chi connectivity index (χ1v) is 7.31. The normalized spacial score (nSPS) is 28.4. The van der Waals surface area contributed by atoms with Gasteiger partial charge in [0.15, 0.2) is 0 Å². The second-order valence-electron chi connectivity index (χ2n) is 6.80. The highest BCUT2D eigenvalue weighted by molar-refractivity contribution is 5.49. The van der Waals surface area contributed by atoms with Gasteiger partial charge >= 0.3 is 0 Å². The summed E-state index contributed by atoms with van der Waals surface area (Å²) in [7, 11) is 0. The van der Waals surface area contributed by atoms with Crippen LogP contribution in [0.4, 0.5) is 5.82 Å². The van der Waals surface area contributed by atoms with Gasteiger partial charge in [0.2, 0.25) is 0 Å². The number of nitrogen functional groups attached to an aromatic ring is 1. The van der Waals surface area contributed by atoms with Crippen molar-refractivity contribution in [3.8, 4) is 0 Å². The Balaban J connectivity index is 2.36. The Morgan fingerprint density at radius 2 is 2.00 bits per heavy atom. The van der Waals surface area contributed by atoms with E-state index >= 15 is 0 Å². The molecule has 0 aromatic carbocycles. The van der Waals surface area contributed by atoms with E-state index in [0.29, 0.717) is 11.7 Å². The van der Waals surface area contributed by atoms with Gasteiger partial charge in [-0.25, -0.2) is 4.98 Å².